The van der Waals surface area contributed by atoms with Crippen molar-refractivity contribution in [3.05, 3.63) is 41.5 Å². The minimum Gasteiger partial charge on any atom is -0.493 e. The lowest BCUT2D eigenvalue weighted by atomic mass is 10.1. The van der Waals surface area contributed by atoms with Crippen molar-refractivity contribution in [3.63, 3.8) is 0 Å². The molecule has 2 rings (SSSR count). The molecule has 2 aromatic rings. The fourth-order valence-corrected chi connectivity index (χ4v) is 2.90. The molecule has 0 unspecified atom stereocenters. The summed E-state index contributed by atoms with van der Waals surface area (Å²) in [7, 11) is 7.72. The first kappa shape index (κ1) is 23.2. The molecule has 0 aliphatic rings. The molecule has 0 aliphatic heterocycles. The minimum absolute atomic E-state index is 0.0225. The molecule has 0 bridgehead atoms. The number of carbonyl (C=O) groups excluding carboxylic acids is 1. The van der Waals surface area contributed by atoms with Crippen molar-refractivity contribution in [1.29, 1.82) is 0 Å². The van der Waals surface area contributed by atoms with Gasteiger partial charge in [-0.3, -0.25) is 4.79 Å². The zero-order valence-electron chi connectivity index (χ0n) is 17.5. The van der Waals surface area contributed by atoms with Gasteiger partial charge in [-0.2, -0.15) is 13.2 Å². The standard InChI is InChI=1S/C21H25F3N2O4/c1-26(2)14-7-8-16(15(12-14)21(22,23)24)25-19(27)9-6-13-10-17(28-3)20(30-5)18(11-13)29-4/h7-8,10-12H,6,9H2,1-5H3,(H,25,27). The van der Waals surface area contributed by atoms with E-state index in [1.807, 2.05) is 0 Å². The molecule has 0 aliphatic carbocycles. The van der Waals surface area contributed by atoms with Gasteiger partial charge in [-0.15, -0.1) is 0 Å². The molecule has 30 heavy (non-hydrogen) atoms. The first-order valence-electron chi connectivity index (χ1n) is 9.08. The van der Waals surface area contributed by atoms with Gasteiger partial charge in [0.05, 0.1) is 32.6 Å². The van der Waals surface area contributed by atoms with Crippen LogP contribution in [0.1, 0.15) is 17.5 Å². The van der Waals surface area contributed by atoms with Gasteiger partial charge in [0.1, 0.15) is 0 Å². The number of nitrogens with zero attached hydrogens (tertiary/aromatic N) is 1. The zero-order chi connectivity index (χ0) is 22.5. The summed E-state index contributed by atoms with van der Waals surface area (Å²) in [6, 6.07) is 7.18. The van der Waals surface area contributed by atoms with Crippen LogP contribution in [0.5, 0.6) is 17.2 Å². The number of alkyl halides is 3. The second-order valence-corrected chi connectivity index (χ2v) is 6.70. The van der Waals surface area contributed by atoms with Crippen LogP contribution >= 0.6 is 0 Å². The second-order valence-electron chi connectivity index (χ2n) is 6.70. The Balaban J connectivity index is 2.17. The highest BCUT2D eigenvalue weighted by Gasteiger charge is 2.34. The number of amides is 1. The SMILES string of the molecule is COc1cc(CCC(=O)Nc2ccc(N(C)C)cc2C(F)(F)F)cc(OC)c1OC. The Hall–Kier alpha value is -3.10. The highest BCUT2D eigenvalue weighted by molar-refractivity contribution is 5.92. The van der Waals surface area contributed by atoms with E-state index in [4.69, 9.17) is 14.2 Å². The predicted molar refractivity (Wildman–Crippen MR) is 109 cm³/mol. The lowest BCUT2D eigenvalue weighted by Gasteiger charge is -2.19. The molecule has 0 spiro atoms. The summed E-state index contributed by atoms with van der Waals surface area (Å²) >= 11 is 0. The number of anilines is 2. The number of methoxy groups -OCH3 is 3. The molecule has 0 radical (unpaired) electrons. The summed E-state index contributed by atoms with van der Waals surface area (Å²) < 4.78 is 56.1. The normalized spacial score (nSPS) is 11.1. The summed E-state index contributed by atoms with van der Waals surface area (Å²) in [5, 5.41) is 2.37. The van der Waals surface area contributed by atoms with Crippen LogP contribution in [0.3, 0.4) is 0 Å². The molecule has 164 valence electrons. The van der Waals surface area contributed by atoms with Crippen molar-refractivity contribution < 1.29 is 32.2 Å². The molecule has 0 aromatic heterocycles. The molecule has 1 amide bonds. The third-order valence-electron chi connectivity index (χ3n) is 4.46. The van der Waals surface area contributed by atoms with Gasteiger partial charge in [-0.1, -0.05) is 0 Å². The number of ether oxygens (including phenoxy) is 3. The second kappa shape index (κ2) is 9.60. The average Bonchev–Trinajstić information content (AvgIpc) is 2.70. The summed E-state index contributed by atoms with van der Waals surface area (Å²) in [4.78, 5) is 13.9. The maximum atomic E-state index is 13.4. The Labute approximate surface area is 173 Å². The largest absolute Gasteiger partial charge is 0.493 e. The predicted octanol–water partition coefficient (Wildman–Crippen LogP) is 4.37. The number of hydrogen-bond acceptors (Lipinski definition) is 5. The van der Waals surface area contributed by atoms with E-state index in [9.17, 15) is 18.0 Å². The van der Waals surface area contributed by atoms with Gasteiger partial charge in [-0.05, 0) is 42.3 Å². The van der Waals surface area contributed by atoms with E-state index in [0.717, 1.165) is 11.6 Å². The van der Waals surface area contributed by atoms with Gasteiger partial charge in [0.15, 0.2) is 11.5 Å². The first-order chi connectivity index (χ1) is 14.1. The third kappa shape index (κ3) is 5.49. The van der Waals surface area contributed by atoms with E-state index >= 15 is 0 Å². The Morgan fingerprint density at radius 3 is 2.07 bits per heavy atom. The highest BCUT2D eigenvalue weighted by Crippen LogP contribution is 2.39. The van der Waals surface area contributed by atoms with Crippen LogP contribution in [0.25, 0.3) is 0 Å². The van der Waals surface area contributed by atoms with Gasteiger partial charge in [0, 0.05) is 26.2 Å². The van der Waals surface area contributed by atoms with Crippen molar-refractivity contribution in [3.8, 4) is 17.2 Å². The lowest BCUT2D eigenvalue weighted by Crippen LogP contribution is -2.18. The van der Waals surface area contributed by atoms with Crippen LogP contribution in [-0.4, -0.2) is 41.3 Å². The Kier molecular flexibility index (Phi) is 7.42. The number of benzene rings is 2. The molecule has 0 fully saturated rings. The zero-order valence-corrected chi connectivity index (χ0v) is 17.5. The molecular formula is C21H25F3N2O4. The van der Waals surface area contributed by atoms with E-state index in [2.05, 4.69) is 5.32 Å². The summed E-state index contributed by atoms with van der Waals surface area (Å²) in [6.45, 7) is 0. The third-order valence-corrected chi connectivity index (χ3v) is 4.46. The number of rotatable bonds is 8. The Bertz CT molecular complexity index is 873. The quantitative estimate of drug-likeness (QED) is 0.679. The Morgan fingerprint density at radius 2 is 1.60 bits per heavy atom. The van der Waals surface area contributed by atoms with Crippen LogP contribution in [-0.2, 0) is 17.4 Å². The van der Waals surface area contributed by atoms with Gasteiger partial charge < -0.3 is 24.4 Å². The van der Waals surface area contributed by atoms with Crippen LogP contribution in [0.15, 0.2) is 30.3 Å². The molecule has 0 saturated heterocycles. The van der Waals surface area contributed by atoms with Gasteiger partial charge in [-0.25, -0.2) is 0 Å². The van der Waals surface area contributed by atoms with E-state index in [1.165, 1.54) is 33.5 Å². The van der Waals surface area contributed by atoms with Crippen LogP contribution < -0.4 is 24.4 Å². The Morgan fingerprint density at radius 1 is 1.00 bits per heavy atom. The van der Waals surface area contributed by atoms with Crippen molar-refractivity contribution in [2.24, 2.45) is 0 Å². The maximum Gasteiger partial charge on any atom is 0.418 e. The number of aryl methyl sites for hydroxylation is 1. The number of carbonyl (C=O) groups is 1. The van der Waals surface area contributed by atoms with Crippen molar-refractivity contribution in [1.82, 2.24) is 0 Å². The minimum atomic E-state index is -4.59. The maximum absolute atomic E-state index is 13.4. The van der Waals surface area contributed by atoms with Crippen LogP contribution in [0.4, 0.5) is 24.5 Å². The smallest absolute Gasteiger partial charge is 0.418 e. The van der Waals surface area contributed by atoms with Crippen LogP contribution in [0.2, 0.25) is 0 Å². The molecule has 0 atom stereocenters. The fourth-order valence-electron chi connectivity index (χ4n) is 2.90. The molecule has 6 nitrogen and oxygen atoms in total. The highest BCUT2D eigenvalue weighted by atomic mass is 19.4. The fraction of sp³-hybridized carbons (Fsp3) is 0.381. The van der Waals surface area contributed by atoms with Gasteiger partial charge in [0.25, 0.3) is 0 Å². The number of halogens is 3. The summed E-state index contributed by atoms with van der Waals surface area (Å²) in [6.07, 6.45) is -4.34. The van der Waals surface area contributed by atoms with Crippen LogP contribution in [0, 0.1) is 0 Å². The molecule has 0 saturated carbocycles. The molecule has 2 aromatic carbocycles. The molecule has 1 N–H and O–H groups in total. The number of hydrogen-bond donors (Lipinski definition) is 1. The summed E-state index contributed by atoms with van der Waals surface area (Å²) in [5.74, 6) is 0.757. The summed E-state index contributed by atoms with van der Waals surface area (Å²) in [5.41, 5.74) is -0.0609. The monoisotopic (exact) mass is 426 g/mol. The van der Waals surface area contributed by atoms with Gasteiger partial charge in [0.2, 0.25) is 11.7 Å². The topological polar surface area (TPSA) is 60.0 Å². The first-order valence-corrected chi connectivity index (χ1v) is 9.08. The van der Waals surface area contributed by atoms with Crippen molar-refractivity contribution in [2.45, 2.75) is 19.0 Å². The van der Waals surface area contributed by atoms with E-state index < -0.39 is 17.6 Å². The average molecular weight is 426 g/mol. The van der Waals surface area contributed by atoms with E-state index in [-0.39, 0.29) is 18.5 Å². The lowest BCUT2D eigenvalue weighted by molar-refractivity contribution is -0.136. The molecular weight excluding hydrogens is 401 g/mol. The number of nitrogens with one attached hydrogen (secondary N) is 1. The van der Waals surface area contributed by atoms with Gasteiger partial charge >= 0.3 is 6.18 Å². The van der Waals surface area contributed by atoms with E-state index in [0.29, 0.717) is 22.9 Å². The molecule has 0 heterocycles. The van der Waals surface area contributed by atoms with E-state index in [1.54, 1.807) is 31.1 Å². The van der Waals surface area contributed by atoms with Crippen molar-refractivity contribution >= 4 is 17.3 Å². The molecule has 9 heteroatoms. The van der Waals surface area contributed by atoms with Crippen molar-refractivity contribution in [2.75, 3.05) is 45.6 Å².